The summed E-state index contributed by atoms with van der Waals surface area (Å²) >= 11 is 0. The largest absolute Gasteiger partial charge is 0.493 e. The van der Waals surface area contributed by atoms with Gasteiger partial charge in [0.15, 0.2) is 11.5 Å². The van der Waals surface area contributed by atoms with E-state index in [0.29, 0.717) is 25.7 Å². The second kappa shape index (κ2) is 9.67. The van der Waals surface area contributed by atoms with Crippen LogP contribution in [-0.2, 0) is 19.5 Å². The molecule has 174 valence electrons. The summed E-state index contributed by atoms with van der Waals surface area (Å²) < 4.78 is 12.6. The lowest BCUT2D eigenvalue weighted by Gasteiger charge is -2.38. The summed E-state index contributed by atoms with van der Waals surface area (Å²) in [6, 6.07) is 14.3. The summed E-state index contributed by atoms with van der Waals surface area (Å²) in [6.07, 6.45) is 1.50. The molecule has 0 saturated carbocycles. The van der Waals surface area contributed by atoms with E-state index in [0.717, 1.165) is 47.0 Å². The fourth-order valence-corrected chi connectivity index (χ4v) is 4.39. The highest BCUT2D eigenvalue weighted by Gasteiger charge is 2.27. The van der Waals surface area contributed by atoms with Crippen LogP contribution in [0.3, 0.4) is 0 Å². The number of methoxy groups -OCH3 is 2. The highest BCUT2D eigenvalue weighted by atomic mass is 16.5. The van der Waals surface area contributed by atoms with Crippen molar-refractivity contribution in [2.24, 2.45) is 0 Å². The van der Waals surface area contributed by atoms with E-state index in [1.165, 1.54) is 5.56 Å². The number of aromatic nitrogens is 2. The third kappa shape index (κ3) is 4.59. The van der Waals surface area contributed by atoms with Crippen LogP contribution in [0.15, 0.2) is 47.3 Å². The zero-order chi connectivity index (χ0) is 23.5. The van der Waals surface area contributed by atoms with Crippen LogP contribution in [0.4, 0.5) is 11.6 Å². The van der Waals surface area contributed by atoms with Gasteiger partial charge in [0.1, 0.15) is 0 Å². The molecule has 0 N–H and O–H groups in total. The number of ether oxygens (including phenoxy) is 2. The lowest BCUT2D eigenvalue weighted by molar-refractivity contribution is 0.200. The van der Waals surface area contributed by atoms with E-state index in [1.54, 1.807) is 14.2 Å². The van der Waals surface area contributed by atoms with Crippen LogP contribution >= 0.6 is 0 Å². The molecule has 2 aromatic carbocycles. The number of benzene rings is 2. The van der Waals surface area contributed by atoms with Gasteiger partial charge in [-0.1, -0.05) is 25.1 Å². The zero-order valence-corrected chi connectivity index (χ0v) is 20.1. The fraction of sp³-hybridized carbons (Fsp3) is 0.385. The fourth-order valence-electron chi connectivity index (χ4n) is 4.39. The van der Waals surface area contributed by atoms with E-state index in [9.17, 15) is 4.79 Å². The number of hydrogen-bond acceptors (Lipinski definition) is 6. The molecule has 0 saturated heterocycles. The average molecular weight is 449 g/mol. The SMILES string of the molecule is CCc1c(C)nc2n(c1=O)CN(CCc1ccc(OC)c(OC)c1)CN2c1cccc(C)c1. The first-order valence-corrected chi connectivity index (χ1v) is 11.3. The molecule has 3 aromatic rings. The quantitative estimate of drug-likeness (QED) is 0.544. The van der Waals surface area contributed by atoms with E-state index in [2.05, 4.69) is 41.0 Å². The normalized spacial score (nSPS) is 13.7. The van der Waals surface area contributed by atoms with Crippen molar-refractivity contribution in [3.63, 3.8) is 0 Å². The van der Waals surface area contributed by atoms with Gasteiger partial charge in [-0.2, -0.15) is 0 Å². The van der Waals surface area contributed by atoms with Gasteiger partial charge in [-0.25, -0.2) is 4.98 Å². The van der Waals surface area contributed by atoms with Crippen molar-refractivity contribution in [3.8, 4) is 11.5 Å². The number of fused-ring (bicyclic) bond motifs is 1. The van der Waals surface area contributed by atoms with Crippen molar-refractivity contribution in [3.05, 3.63) is 75.2 Å². The smallest absolute Gasteiger partial charge is 0.259 e. The molecule has 7 nitrogen and oxygen atoms in total. The molecule has 0 spiro atoms. The molecule has 1 aliphatic rings. The number of aryl methyl sites for hydroxylation is 2. The van der Waals surface area contributed by atoms with Gasteiger partial charge in [0.25, 0.3) is 5.56 Å². The maximum Gasteiger partial charge on any atom is 0.259 e. The molecule has 0 atom stereocenters. The highest BCUT2D eigenvalue weighted by Crippen LogP contribution is 2.30. The first-order chi connectivity index (χ1) is 15.9. The Morgan fingerprint density at radius 1 is 1.00 bits per heavy atom. The summed E-state index contributed by atoms with van der Waals surface area (Å²) in [7, 11) is 3.29. The number of hydrogen-bond donors (Lipinski definition) is 0. The van der Waals surface area contributed by atoms with E-state index in [-0.39, 0.29) is 5.56 Å². The van der Waals surface area contributed by atoms with Crippen LogP contribution in [0.5, 0.6) is 11.5 Å². The summed E-state index contributed by atoms with van der Waals surface area (Å²) in [6.45, 7) is 7.98. The maximum absolute atomic E-state index is 13.3. The molecule has 0 radical (unpaired) electrons. The molecule has 0 aliphatic carbocycles. The van der Waals surface area contributed by atoms with Gasteiger partial charge in [0.2, 0.25) is 5.95 Å². The Bertz CT molecular complexity index is 1200. The minimum absolute atomic E-state index is 0.0495. The predicted octanol–water partition coefficient (Wildman–Crippen LogP) is 4.05. The minimum atomic E-state index is 0.0495. The van der Waals surface area contributed by atoms with E-state index in [1.807, 2.05) is 36.6 Å². The van der Waals surface area contributed by atoms with Crippen molar-refractivity contribution in [1.29, 1.82) is 0 Å². The molecule has 0 unspecified atom stereocenters. The summed E-state index contributed by atoms with van der Waals surface area (Å²) in [5.41, 5.74) is 5.01. The van der Waals surface area contributed by atoms with Crippen molar-refractivity contribution in [1.82, 2.24) is 14.5 Å². The molecule has 33 heavy (non-hydrogen) atoms. The molecule has 2 heterocycles. The van der Waals surface area contributed by atoms with Crippen LogP contribution < -0.4 is 19.9 Å². The van der Waals surface area contributed by atoms with Gasteiger partial charge >= 0.3 is 0 Å². The first-order valence-electron chi connectivity index (χ1n) is 11.3. The molecule has 0 fully saturated rings. The van der Waals surface area contributed by atoms with Crippen molar-refractivity contribution in [2.45, 2.75) is 40.3 Å². The third-order valence-electron chi connectivity index (χ3n) is 6.20. The van der Waals surface area contributed by atoms with Gasteiger partial charge < -0.3 is 9.47 Å². The predicted molar refractivity (Wildman–Crippen MR) is 131 cm³/mol. The average Bonchev–Trinajstić information content (AvgIpc) is 2.82. The molecule has 7 heteroatoms. The van der Waals surface area contributed by atoms with E-state index < -0.39 is 0 Å². The Kier molecular flexibility index (Phi) is 6.70. The monoisotopic (exact) mass is 448 g/mol. The molecule has 0 amide bonds. The highest BCUT2D eigenvalue weighted by molar-refractivity contribution is 5.59. The lowest BCUT2D eigenvalue weighted by Crippen LogP contribution is -2.48. The van der Waals surface area contributed by atoms with Crippen molar-refractivity contribution < 1.29 is 9.47 Å². The van der Waals surface area contributed by atoms with Crippen LogP contribution in [0.25, 0.3) is 0 Å². The molecule has 1 aromatic heterocycles. The Balaban J connectivity index is 1.66. The second-order valence-corrected chi connectivity index (χ2v) is 8.45. The van der Waals surface area contributed by atoms with Crippen LogP contribution in [0.1, 0.15) is 29.3 Å². The lowest BCUT2D eigenvalue weighted by atomic mass is 10.1. The van der Waals surface area contributed by atoms with Crippen LogP contribution in [-0.4, -0.2) is 41.9 Å². The Labute approximate surface area is 195 Å². The first kappa shape index (κ1) is 22.9. The number of anilines is 2. The molecule has 0 bridgehead atoms. The topological polar surface area (TPSA) is 59.8 Å². The van der Waals surface area contributed by atoms with E-state index >= 15 is 0 Å². The van der Waals surface area contributed by atoms with Crippen LogP contribution in [0, 0.1) is 13.8 Å². The maximum atomic E-state index is 13.3. The Morgan fingerprint density at radius 2 is 1.79 bits per heavy atom. The molecular weight excluding hydrogens is 416 g/mol. The van der Waals surface area contributed by atoms with Gasteiger partial charge in [-0.05, 0) is 62.1 Å². The van der Waals surface area contributed by atoms with Crippen molar-refractivity contribution >= 4 is 11.6 Å². The second-order valence-electron chi connectivity index (χ2n) is 8.45. The van der Waals surface area contributed by atoms with Crippen molar-refractivity contribution in [2.75, 3.05) is 32.3 Å². The van der Waals surface area contributed by atoms with Gasteiger partial charge in [-0.3, -0.25) is 19.2 Å². The van der Waals surface area contributed by atoms with Gasteiger partial charge in [0, 0.05) is 23.5 Å². The van der Waals surface area contributed by atoms with E-state index in [4.69, 9.17) is 14.5 Å². The molecule has 4 rings (SSSR count). The zero-order valence-electron chi connectivity index (χ0n) is 20.1. The number of nitrogens with zero attached hydrogens (tertiary/aromatic N) is 4. The standard InChI is InChI=1S/C26H32N4O3/c1-6-22-19(3)27-26-29(21-9-7-8-18(2)14-21)16-28(17-30(26)25(22)31)13-12-20-10-11-23(32-4)24(15-20)33-5/h7-11,14-15H,6,12-13,16-17H2,1-5H3. The van der Waals surface area contributed by atoms with Crippen LogP contribution in [0.2, 0.25) is 0 Å². The minimum Gasteiger partial charge on any atom is -0.493 e. The number of rotatable bonds is 7. The van der Waals surface area contributed by atoms with Gasteiger partial charge in [-0.15, -0.1) is 0 Å². The summed E-state index contributed by atoms with van der Waals surface area (Å²) in [4.78, 5) is 22.6. The Morgan fingerprint density at radius 3 is 2.48 bits per heavy atom. The molecular formula is C26H32N4O3. The summed E-state index contributed by atoms with van der Waals surface area (Å²) in [5, 5.41) is 0. The Hall–Kier alpha value is -3.32. The van der Waals surface area contributed by atoms with Gasteiger partial charge in [0.05, 0.1) is 27.6 Å². The third-order valence-corrected chi connectivity index (χ3v) is 6.20. The molecule has 1 aliphatic heterocycles. The summed E-state index contributed by atoms with van der Waals surface area (Å²) in [5.74, 6) is 2.16.